The van der Waals surface area contributed by atoms with Crippen molar-refractivity contribution >= 4 is 15.7 Å². The lowest BCUT2D eigenvalue weighted by atomic mass is 9.85. The molecule has 0 unspecified atom stereocenters. The summed E-state index contributed by atoms with van der Waals surface area (Å²) in [6.07, 6.45) is 1.33. The molecule has 1 aliphatic carbocycles. The summed E-state index contributed by atoms with van der Waals surface area (Å²) in [4.78, 5) is 2.53. The number of aryl methyl sites for hydroxylation is 1. The molecule has 2 fully saturated rings. The number of hydrogen-bond donors (Lipinski definition) is 1. The van der Waals surface area contributed by atoms with Crippen LogP contribution < -0.4 is 9.64 Å². The lowest BCUT2D eigenvalue weighted by Gasteiger charge is -2.43. The van der Waals surface area contributed by atoms with Crippen molar-refractivity contribution in [1.29, 1.82) is 0 Å². The summed E-state index contributed by atoms with van der Waals surface area (Å²) >= 11 is 0. The first-order valence-corrected chi connectivity index (χ1v) is 19.8. The third kappa shape index (κ3) is 10.1. The van der Waals surface area contributed by atoms with Crippen molar-refractivity contribution in [3.8, 4) is 5.75 Å². The zero-order chi connectivity index (χ0) is 36.5. The first-order valence-electron chi connectivity index (χ1n) is 18.4. The summed E-state index contributed by atoms with van der Waals surface area (Å²) in [5, 5.41) is 10.6. The second-order valence-electron chi connectivity index (χ2n) is 14.2. The van der Waals surface area contributed by atoms with E-state index in [0.29, 0.717) is 25.7 Å². The fourth-order valence-corrected chi connectivity index (χ4v) is 8.39. The Balaban J connectivity index is 1.28. The molecule has 2 heterocycles. The van der Waals surface area contributed by atoms with Gasteiger partial charge in [-0.15, -0.1) is 0 Å². The summed E-state index contributed by atoms with van der Waals surface area (Å²) in [5.41, 5.74) is 4.98. The van der Waals surface area contributed by atoms with E-state index >= 15 is 0 Å². The molecule has 4 atom stereocenters. The molecule has 0 radical (unpaired) electrons. The van der Waals surface area contributed by atoms with Crippen LogP contribution in [0, 0.1) is 12.8 Å². The molecule has 0 bridgehead atoms. The molecular weight excluding hydrogens is 685 g/mol. The van der Waals surface area contributed by atoms with E-state index in [1.165, 1.54) is 24.3 Å². The summed E-state index contributed by atoms with van der Waals surface area (Å²) in [6.45, 7) is 6.75. The van der Waals surface area contributed by atoms with Crippen molar-refractivity contribution in [2.24, 2.45) is 5.92 Å². The average Bonchev–Trinajstić information content (AvgIpc) is 3.98. The second kappa shape index (κ2) is 18.3. The standard InChI is InChI=1S/C40H54N2O9S/c1-29-5-14-35(15-6-29)52(44,45)42-22-38(50-26-32-11-16-37-36(21-32)41(18-20-49-37)17-4-19-46-2)40(39(23-42)51-28-34(43)27-47-3)33-12-9-31(10-13-33)25-48-24-30-7-8-30/h5-6,9-16,21,30,34,38-40,43H,4,7-8,17-20,22-28H2,1-3H3/t34-,38+,39-,40-/m1/s1. The molecule has 1 N–H and O–H groups in total. The highest BCUT2D eigenvalue weighted by Gasteiger charge is 2.44. The number of benzene rings is 3. The van der Waals surface area contributed by atoms with Crippen LogP contribution in [0.2, 0.25) is 0 Å². The van der Waals surface area contributed by atoms with E-state index in [2.05, 4.69) is 35.2 Å². The molecule has 2 aliphatic heterocycles. The number of rotatable bonds is 19. The highest BCUT2D eigenvalue weighted by Crippen LogP contribution is 2.37. The molecule has 1 saturated carbocycles. The minimum Gasteiger partial charge on any atom is -0.490 e. The van der Waals surface area contributed by atoms with Crippen LogP contribution in [0.4, 0.5) is 5.69 Å². The van der Waals surface area contributed by atoms with Gasteiger partial charge in [-0.1, -0.05) is 48.0 Å². The first-order chi connectivity index (χ1) is 25.2. The highest BCUT2D eigenvalue weighted by atomic mass is 32.2. The van der Waals surface area contributed by atoms with Crippen LogP contribution in [0.15, 0.2) is 71.6 Å². The fraction of sp³-hybridized carbons (Fsp3) is 0.550. The van der Waals surface area contributed by atoms with Crippen LogP contribution >= 0.6 is 0 Å². The number of piperidine rings is 1. The number of anilines is 1. The summed E-state index contributed by atoms with van der Waals surface area (Å²) in [7, 11) is -0.661. The maximum atomic E-state index is 14.2. The van der Waals surface area contributed by atoms with E-state index in [1.807, 2.05) is 19.1 Å². The second-order valence-corrected chi connectivity index (χ2v) is 16.1. The van der Waals surface area contributed by atoms with Crippen molar-refractivity contribution in [3.05, 3.63) is 89.0 Å². The maximum Gasteiger partial charge on any atom is 0.243 e. The molecule has 3 aliphatic rings. The van der Waals surface area contributed by atoms with Crippen LogP contribution in [-0.4, -0.2) is 110 Å². The van der Waals surface area contributed by atoms with E-state index in [4.69, 9.17) is 28.4 Å². The fourth-order valence-electron chi connectivity index (χ4n) is 6.92. The zero-order valence-corrected chi connectivity index (χ0v) is 31.5. The zero-order valence-electron chi connectivity index (χ0n) is 30.7. The number of nitrogens with zero attached hydrogens (tertiary/aromatic N) is 2. The van der Waals surface area contributed by atoms with Gasteiger partial charge in [0.2, 0.25) is 10.0 Å². The Bertz CT molecular complexity index is 1670. The first kappa shape index (κ1) is 38.6. The van der Waals surface area contributed by atoms with E-state index in [-0.39, 0.29) is 43.7 Å². The lowest BCUT2D eigenvalue weighted by Crippen LogP contribution is -2.54. The van der Waals surface area contributed by atoms with Gasteiger partial charge in [-0.2, -0.15) is 4.31 Å². The van der Waals surface area contributed by atoms with Gasteiger partial charge in [0.25, 0.3) is 0 Å². The molecular formula is C40H54N2O9S. The third-order valence-corrected chi connectivity index (χ3v) is 11.8. The molecule has 11 nitrogen and oxygen atoms in total. The van der Waals surface area contributed by atoms with Crippen LogP contribution in [0.5, 0.6) is 5.75 Å². The minimum atomic E-state index is -3.90. The van der Waals surface area contributed by atoms with E-state index < -0.39 is 28.3 Å². The van der Waals surface area contributed by atoms with E-state index in [9.17, 15) is 13.5 Å². The molecule has 1 saturated heterocycles. The highest BCUT2D eigenvalue weighted by molar-refractivity contribution is 7.89. The Labute approximate surface area is 308 Å². The Hall–Kier alpha value is -3.07. The van der Waals surface area contributed by atoms with E-state index in [0.717, 1.165) is 59.8 Å². The predicted molar refractivity (Wildman–Crippen MR) is 198 cm³/mol. The van der Waals surface area contributed by atoms with Crippen molar-refractivity contribution in [3.63, 3.8) is 0 Å². The number of aliphatic hydroxyl groups is 1. The minimum absolute atomic E-state index is 0.0169. The van der Waals surface area contributed by atoms with Gasteiger partial charge in [0, 0.05) is 53.0 Å². The number of aliphatic hydroxyl groups excluding tert-OH is 1. The van der Waals surface area contributed by atoms with Crippen molar-refractivity contribution in [2.75, 3.05) is 78.3 Å². The van der Waals surface area contributed by atoms with Crippen LogP contribution in [-0.2, 0) is 46.9 Å². The Kier molecular flexibility index (Phi) is 13.6. The van der Waals surface area contributed by atoms with Gasteiger partial charge in [-0.05, 0) is 73.1 Å². The van der Waals surface area contributed by atoms with Crippen LogP contribution in [0.3, 0.4) is 0 Å². The van der Waals surface area contributed by atoms with Crippen LogP contribution in [0.1, 0.15) is 47.4 Å². The molecule has 12 heteroatoms. The van der Waals surface area contributed by atoms with Gasteiger partial charge in [0.15, 0.2) is 0 Å². The number of fused-ring (bicyclic) bond motifs is 1. The predicted octanol–water partition coefficient (Wildman–Crippen LogP) is 4.92. The SMILES string of the molecule is COCCCN1CCOc2ccc(CO[C@H]3CN(S(=O)(=O)c4ccc(C)cc4)C[C@@H](OC[C@H](O)COC)[C@@H]3c3ccc(COCC4CC4)cc3)cc21. The largest absolute Gasteiger partial charge is 0.490 e. The molecule has 284 valence electrons. The average molecular weight is 739 g/mol. The molecule has 0 aromatic heterocycles. The van der Waals surface area contributed by atoms with Crippen molar-refractivity contribution < 1.29 is 41.9 Å². The smallest absolute Gasteiger partial charge is 0.243 e. The number of methoxy groups -OCH3 is 2. The van der Waals surface area contributed by atoms with Gasteiger partial charge in [-0.3, -0.25) is 0 Å². The number of ether oxygens (including phenoxy) is 6. The Morgan fingerprint density at radius 1 is 0.885 bits per heavy atom. The summed E-state index contributed by atoms with van der Waals surface area (Å²) in [6, 6.07) is 21.2. The number of hydrogen-bond acceptors (Lipinski definition) is 10. The molecule has 0 spiro atoms. The summed E-state index contributed by atoms with van der Waals surface area (Å²) < 4.78 is 65.3. The van der Waals surface area contributed by atoms with E-state index in [1.54, 1.807) is 31.4 Å². The van der Waals surface area contributed by atoms with Crippen molar-refractivity contribution in [1.82, 2.24) is 4.31 Å². The quantitative estimate of drug-likeness (QED) is 0.170. The van der Waals surface area contributed by atoms with Gasteiger partial charge >= 0.3 is 0 Å². The molecule has 0 amide bonds. The summed E-state index contributed by atoms with van der Waals surface area (Å²) in [5.74, 6) is 1.20. The molecule has 3 aromatic rings. The molecule has 6 rings (SSSR count). The van der Waals surface area contributed by atoms with Crippen LogP contribution in [0.25, 0.3) is 0 Å². The van der Waals surface area contributed by atoms with Gasteiger partial charge in [0.05, 0.1) is 55.8 Å². The monoisotopic (exact) mass is 738 g/mol. The third-order valence-electron chi connectivity index (χ3n) is 10.00. The molecule has 52 heavy (non-hydrogen) atoms. The van der Waals surface area contributed by atoms with Gasteiger partial charge in [0.1, 0.15) is 18.5 Å². The van der Waals surface area contributed by atoms with Gasteiger partial charge < -0.3 is 38.4 Å². The topological polar surface area (TPSA) is 116 Å². The maximum absolute atomic E-state index is 14.2. The number of sulfonamides is 1. The normalized spacial score (nSPS) is 21.5. The van der Waals surface area contributed by atoms with Gasteiger partial charge in [-0.25, -0.2) is 8.42 Å². The molecule has 3 aromatic carbocycles. The Morgan fingerprint density at radius 3 is 2.33 bits per heavy atom. The van der Waals surface area contributed by atoms with Crippen molar-refractivity contribution in [2.45, 2.75) is 68.5 Å². The lowest BCUT2D eigenvalue weighted by molar-refractivity contribution is -0.0997. The Morgan fingerprint density at radius 2 is 1.62 bits per heavy atom.